The van der Waals surface area contributed by atoms with Crippen molar-refractivity contribution in [3.05, 3.63) is 83.7 Å². The summed E-state index contributed by atoms with van der Waals surface area (Å²) in [7, 11) is 0. The van der Waals surface area contributed by atoms with Crippen LogP contribution < -0.4 is 21.7 Å². The van der Waals surface area contributed by atoms with E-state index in [-0.39, 0.29) is 42.5 Å². The Hall–Kier alpha value is -4.76. The van der Waals surface area contributed by atoms with E-state index in [0.717, 1.165) is 29.5 Å². The molecule has 0 aliphatic rings. The number of carboxylic acids is 1. The lowest BCUT2D eigenvalue weighted by Gasteiger charge is -2.41. The summed E-state index contributed by atoms with van der Waals surface area (Å²) in [5, 5.41) is 16.5. The predicted octanol–water partition coefficient (Wildman–Crippen LogP) is 3.69. The van der Waals surface area contributed by atoms with Crippen molar-refractivity contribution in [2.45, 2.75) is 59.2 Å². The van der Waals surface area contributed by atoms with Gasteiger partial charge in [-0.3, -0.25) is 19.2 Å². The molecular weight excluding hydrogens is 695 g/mol. The van der Waals surface area contributed by atoms with E-state index in [1.807, 2.05) is 55.7 Å². The Balaban J connectivity index is 1.79. The molecule has 0 spiro atoms. The van der Waals surface area contributed by atoms with Crippen LogP contribution in [0.2, 0.25) is 0 Å². The van der Waals surface area contributed by atoms with Gasteiger partial charge in [-0.2, -0.15) is 11.8 Å². The molecule has 282 valence electrons. The van der Waals surface area contributed by atoms with Gasteiger partial charge < -0.3 is 36.3 Å². The van der Waals surface area contributed by atoms with Gasteiger partial charge in [0.1, 0.15) is 17.7 Å². The molecule has 0 radical (unpaired) electrons. The van der Waals surface area contributed by atoms with Gasteiger partial charge in [0, 0.05) is 61.7 Å². The Kier molecular flexibility index (Phi) is 15.8. The van der Waals surface area contributed by atoms with E-state index in [1.165, 1.54) is 18.7 Å². The van der Waals surface area contributed by atoms with Crippen LogP contribution in [0.3, 0.4) is 0 Å². The number of carbonyl (C=O) groups is 5. The fraction of sp³-hybridized carbons (Fsp3) is 0.432. The molecule has 4 amide bonds. The minimum atomic E-state index is -1.39. The fourth-order valence-corrected chi connectivity index (χ4v) is 6.44. The van der Waals surface area contributed by atoms with E-state index < -0.39 is 52.8 Å². The molecule has 3 aromatic rings. The number of carboxylic acid groups (broad SMARTS) is 1. The van der Waals surface area contributed by atoms with Crippen molar-refractivity contribution in [3.63, 3.8) is 0 Å². The van der Waals surface area contributed by atoms with Gasteiger partial charge >= 0.3 is 5.97 Å². The van der Waals surface area contributed by atoms with Gasteiger partial charge in [0.2, 0.25) is 23.6 Å². The van der Waals surface area contributed by atoms with Crippen molar-refractivity contribution in [3.8, 4) is 11.1 Å². The van der Waals surface area contributed by atoms with Crippen LogP contribution in [-0.4, -0.2) is 87.9 Å². The number of carbonyl (C=O) groups excluding carboxylic acids is 4. The first kappa shape index (κ1) is 41.7. The van der Waals surface area contributed by atoms with Gasteiger partial charge in [0.15, 0.2) is 0 Å². The zero-order valence-electron chi connectivity index (χ0n) is 29.9. The summed E-state index contributed by atoms with van der Waals surface area (Å²) in [6.45, 7) is 7.60. The first-order valence-corrected chi connectivity index (χ1v) is 18.1. The average Bonchev–Trinajstić information content (AvgIpc) is 3.48. The Morgan fingerprint density at radius 1 is 1.00 bits per heavy atom. The number of hydrogen-bond acceptors (Lipinski definition) is 7. The van der Waals surface area contributed by atoms with Gasteiger partial charge in [-0.15, -0.1) is 0 Å². The van der Waals surface area contributed by atoms with Gasteiger partial charge in [-0.25, -0.2) is 13.6 Å². The van der Waals surface area contributed by atoms with Crippen LogP contribution in [0.4, 0.5) is 8.78 Å². The summed E-state index contributed by atoms with van der Waals surface area (Å²) in [6.07, 6.45) is 2.19. The molecule has 3 rings (SSSR count). The maximum atomic E-state index is 15.0. The van der Waals surface area contributed by atoms with Crippen molar-refractivity contribution in [1.29, 1.82) is 0 Å². The highest BCUT2D eigenvalue weighted by Gasteiger charge is 2.37. The number of nitrogens with zero attached hydrogens (tertiary/aromatic N) is 2. The largest absolute Gasteiger partial charge is 0.480 e. The van der Waals surface area contributed by atoms with Gasteiger partial charge in [-0.05, 0) is 48.2 Å². The second-order valence-electron chi connectivity index (χ2n) is 13.4. The zero-order valence-corrected chi connectivity index (χ0v) is 30.7. The number of hydrogen-bond donors (Lipinski definition) is 5. The molecule has 2 atom stereocenters. The Morgan fingerprint density at radius 2 is 1.71 bits per heavy atom. The van der Waals surface area contributed by atoms with Crippen LogP contribution in [0, 0.1) is 17.0 Å². The topological polar surface area (TPSA) is 176 Å². The van der Waals surface area contributed by atoms with Crippen LogP contribution in [0.5, 0.6) is 0 Å². The Morgan fingerprint density at radius 3 is 2.35 bits per heavy atom. The quantitative estimate of drug-likeness (QED) is 0.116. The lowest BCUT2D eigenvalue weighted by molar-refractivity contribution is -0.141. The van der Waals surface area contributed by atoms with Crippen molar-refractivity contribution >= 4 is 41.4 Å². The number of halogens is 2. The molecule has 12 nitrogen and oxygen atoms in total. The highest BCUT2D eigenvalue weighted by atomic mass is 32.2. The molecule has 0 aliphatic heterocycles. The molecule has 1 aromatic heterocycles. The highest BCUT2D eigenvalue weighted by molar-refractivity contribution is 7.99. The molecule has 0 fully saturated rings. The summed E-state index contributed by atoms with van der Waals surface area (Å²) >= 11 is 1.21. The van der Waals surface area contributed by atoms with Crippen LogP contribution >= 0.6 is 11.8 Å². The van der Waals surface area contributed by atoms with Crippen LogP contribution in [0.15, 0.2) is 60.8 Å². The van der Waals surface area contributed by atoms with Gasteiger partial charge in [-0.1, -0.05) is 51.1 Å². The first-order valence-electron chi connectivity index (χ1n) is 16.9. The van der Waals surface area contributed by atoms with E-state index in [1.54, 1.807) is 17.2 Å². The van der Waals surface area contributed by atoms with Crippen molar-refractivity contribution < 1.29 is 37.9 Å². The molecule has 0 bridgehead atoms. The monoisotopic (exact) mass is 742 g/mol. The maximum absolute atomic E-state index is 15.0. The van der Waals surface area contributed by atoms with E-state index in [4.69, 9.17) is 5.73 Å². The number of aliphatic carboxylic acids is 1. The van der Waals surface area contributed by atoms with Crippen molar-refractivity contribution in [2.24, 2.45) is 11.1 Å². The Labute approximate surface area is 306 Å². The third-order valence-corrected chi connectivity index (χ3v) is 8.98. The number of nitrogens with one attached hydrogen (secondary N) is 3. The Bertz CT molecular complexity index is 1700. The van der Waals surface area contributed by atoms with Crippen molar-refractivity contribution in [1.82, 2.24) is 25.4 Å². The fourth-order valence-electron chi connectivity index (χ4n) is 5.63. The number of benzene rings is 2. The maximum Gasteiger partial charge on any atom is 0.328 e. The number of amides is 4. The summed E-state index contributed by atoms with van der Waals surface area (Å²) in [4.78, 5) is 62.8. The molecule has 0 saturated heterocycles. The van der Waals surface area contributed by atoms with Crippen LogP contribution in [0.25, 0.3) is 11.1 Å². The molecule has 6 N–H and O–H groups in total. The smallest absolute Gasteiger partial charge is 0.328 e. The molecule has 0 unspecified atom stereocenters. The summed E-state index contributed by atoms with van der Waals surface area (Å²) < 4.78 is 31.3. The molecule has 52 heavy (non-hydrogen) atoms. The third-order valence-electron chi connectivity index (χ3n) is 8.03. The van der Waals surface area contributed by atoms with E-state index in [0.29, 0.717) is 31.6 Å². The molecule has 0 saturated carbocycles. The van der Waals surface area contributed by atoms with Gasteiger partial charge in [0.25, 0.3) is 0 Å². The summed E-state index contributed by atoms with van der Waals surface area (Å²) in [5.41, 5.74) is 7.65. The van der Waals surface area contributed by atoms with Gasteiger partial charge in [0.05, 0.1) is 18.3 Å². The summed E-state index contributed by atoms with van der Waals surface area (Å²) in [6, 6.07) is 12.9. The predicted molar refractivity (Wildman–Crippen MR) is 196 cm³/mol. The second kappa shape index (κ2) is 19.7. The first-order chi connectivity index (χ1) is 24.6. The lowest BCUT2D eigenvalue weighted by Crippen LogP contribution is -2.49. The number of rotatable bonds is 19. The molecular formula is C37H48F2N6O6S. The average molecular weight is 743 g/mol. The van der Waals surface area contributed by atoms with Crippen LogP contribution in [-0.2, 0) is 30.5 Å². The SMILES string of the molecule is CC(=O)NCC(=O)NC[C@@H](NC(=O)CCSCC(=O)N(CCCN)[C@@H](c1cc(-c2cc(F)ccc2F)cn1Cc1ccccc1)C(C)(C)C)C(=O)O. The van der Waals surface area contributed by atoms with E-state index in [2.05, 4.69) is 16.0 Å². The van der Waals surface area contributed by atoms with Crippen molar-refractivity contribution in [2.75, 3.05) is 37.7 Å². The number of thioether (sulfide) groups is 1. The molecule has 0 aliphatic carbocycles. The normalized spacial score (nSPS) is 12.4. The lowest BCUT2D eigenvalue weighted by atomic mass is 9.83. The second-order valence-corrected chi connectivity index (χ2v) is 14.5. The molecule has 2 aromatic carbocycles. The number of nitrogens with two attached hydrogens (primary N) is 1. The third kappa shape index (κ3) is 12.8. The standard InChI is InChI=1S/C37H48F2N6O6S/c1-24(46)41-20-33(48)42-19-30(36(50)51)43-32(47)13-16-52-23-34(49)45(15-8-14-40)35(37(2,3)4)31-17-26(28-18-27(38)11-12-29(28)39)22-44(31)21-25-9-6-5-7-10-25/h5-7,9-12,17-18,22,30,35H,8,13-16,19-21,23,40H2,1-4H3,(H,41,46)(H,42,48)(H,43,47)(H,50,51)/t30-,35+/m1/s1. The minimum absolute atomic E-state index is 0.0107. The highest BCUT2D eigenvalue weighted by Crippen LogP contribution is 2.41. The van der Waals surface area contributed by atoms with E-state index in [9.17, 15) is 33.5 Å². The molecule has 1 heterocycles. The minimum Gasteiger partial charge on any atom is -0.480 e. The zero-order chi connectivity index (χ0) is 38.4. The number of aromatic nitrogens is 1. The van der Waals surface area contributed by atoms with E-state index >= 15 is 4.39 Å². The molecule has 15 heteroatoms. The van der Waals surface area contributed by atoms with Crippen LogP contribution in [0.1, 0.15) is 57.8 Å². The summed E-state index contributed by atoms with van der Waals surface area (Å²) in [5.74, 6) is -4.10.